The number of aliphatic imine (C=N–C) groups is 1. The molecule has 7 nitrogen and oxygen atoms in total. The van der Waals surface area contributed by atoms with Crippen molar-refractivity contribution in [3.8, 4) is 0 Å². The van der Waals surface area contributed by atoms with Crippen LogP contribution in [0.15, 0.2) is 4.99 Å². The Morgan fingerprint density at radius 3 is 2.50 bits per heavy atom. The van der Waals surface area contributed by atoms with E-state index in [0.29, 0.717) is 18.6 Å². The number of hydrogen-bond donors (Lipinski definition) is 2. The van der Waals surface area contributed by atoms with Crippen LogP contribution in [-0.4, -0.2) is 81.3 Å². The van der Waals surface area contributed by atoms with E-state index in [2.05, 4.69) is 27.6 Å². The Bertz CT molecular complexity index is 413. The fourth-order valence-corrected chi connectivity index (χ4v) is 3.24. The zero-order valence-electron chi connectivity index (χ0n) is 15.1. The van der Waals surface area contributed by atoms with Crippen LogP contribution >= 0.6 is 24.0 Å². The maximum atomic E-state index is 11.7. The first-order valence-electron chi connectivity index (χ1n) is 8.69. The van der Waals surface area contributed by atoms with E-state index in [9.17, 15) is 4.79 Å². The number of nitrogens with one attached hydrogen (secondary N) is 2. The number of rotatable bonds is 4. The Balaban J connectivity index is 0.00000288. The average Bonchev–Trinajstić information content (AvgIpc) is 2.97. The molecule has 0 aromatic carbocycles. The highest BCUT2D eigenvalue weighted by molar-refractivity contribution is 14.0. The number of guanidine groups is 1. The minimum absolute atomic E-state index is 0. The molecule has 1 amide bonds. The first-order valence-corrected chi connectivity index (χ1v) is 8.69. The third kappa shape index (κ3) is 6.62. The molecule has 8 heteroatoms. The smallest absolute Gasteiger partial charge is 0.409 e. The van der Waals surface area contributed by atoms with Crippen molar-refractivity contribution in [2.75, 3.05) is 53.4 Å². The van der Waals surface area contributed by atoms with Crippen LogP contribution < -0.4 is 10.6 Å². The minimum atomic E-state index is -0.196. The zero-order chi connectivity index (χ0) is 16.7. The molecule has 24 heavy (non-hydrogen) atoms. The van der Waals surface area contributed by atoms with Gasteiger partial charge in [-0.2, -0.15) is 0 Å². The van der Waals surface area contributed by atoms with Gasteiger partial charge in [0.15, 0.2) is 5.96 Å². The van der Waals surface area contributed by atoms with Gasteiger partial charge < -0.3 is 25.2 Å². The molecule has 0 saturated carbocycles. The monoisotopic (exact) mass is 453 g/mol. The summed E-state index contributed by atoms with van der Waals surface area (Å²) in [5.74, 6) is 1.57. The number of carbonyl (C=O) groups excluding carboxylic acids is 1. The van der Waals surface area contributed by atoms with Crippen LogP contribution in [0.2, 0.25) is 0 Å². The van der Waals surface area contributed by atoms with Gasteiger partial charge in [-0.1, -0.05) is 0 Å². The molecule has 0 bridgehead atoms. The van der Waals surface area contributed by atoms with Crippen molar-refractivity contribution in [2.24, 2.45) is 10.9 Å². The maximum absolute atomic E-state index is 11.7. The SMILES string of the molecule is CCOC(=O)N1CCC(NC(=NC)NCC2CCN(C)C2)CC1.I. The lowest BCUT2D eigenvalue weighted by molar-refractivity contribution is 0.0963. The highest BCUT2D eigenvalue weighted by atomic mass is 127. The van der Waals surface area contributed by atoms with Gasteiger partial charge in [0.05, 0.1) is 6.61 Å². The molecule has 2 N–H and O–H groups in total. The highest BCUT2D eigenvalue weighted by Gasteiger charge is 2.24. The van der Waals surface area contributed by atoms with Gasteiger partial charge in [0.1, 0.15) is 0 Å². The third-order valence-corrected chi connectivity index (χ3v) is 4.63. The molecule has 2 aliphatic heterocycles. The lowest BCUT2D eigenvalue weighted by Crippen LogP contribution is -2.50. The van der Waals surface area contributed by atoms with Crippen LogP contribution in [0.1, 0.15) is 26.2 Å². The average molecular weight is 453 g/mol. The van der Waals surface area contributed by atoms with E-state index in [0.717, 1.165) is 45.0 Å². The Morgan fingerprint density at radius 1 is 1.25 bits per heavy atom. The van der Waals surface area contributed by atoms with Crippen molar-refractivity contribution < 1.29 is 9.53 Å². The van der Waals surface area contributed by atoms with Crippen molar-refractivity contribution >= 4 is 36.0 Å². The lowest BCUT2D eigenvalue weighted by Gasteiger charge is -2.32. The molecule has 1 unspecified atom stereocenters. The van der Waals surface area contributed by atoms with Gasteiger partial charge in [0.2, 0.25) is 0 Å². The standard InChI is InChI=1S/C16H31N5O2.HI/c1-4-23-16(22)21-9-6-14(7-10-21)19-15(17-2)18-11-13-5-8-20(3)12-13;/h13-14H,4-12H2,1-3H3,(H2,17,18,19);1H. The molecule has 0 aromatic heterocycles. The predicted octanol–water partition coefficient (Wildman–Crippen LogP) is 1.34. The summed E-state index contributed by atoms with van der Waals surface area (Å²) >= 11 is 0. The van der Waals surface area contributed by atoms with Gasteiger partial charge >= 0.3 is 6.09 Å². The van der Waals surface area contributed by atoms with Crippen molar-refractivity contribution in [1.29, 1.82) is 0 Å². The minimum Gasteiger partial charge on any atom is -0.450 e. The second kappa shape index (κ2) is 11.0. The number of amides is 1. The van der Waals surface area contributed by atoms with Crippen LogP contribution in [0.3, 0.4) is 0 Å². The van der Waals surface area contributed by atoms with E-state index in [-0.39, 0.29) is 30.1 Å². The van der Waals surface area contributed by atoms with Gasteiger partial charge in [-0.25, -0.2) is 4.79 Å². The molecule has 0 radical (unpaired) electrons. The molecular formula is C16H32IN5O2. The summed E-state index contributed by atoms with van der Waals surface area (Å²) in [6.07, 6.45) is 2.90. The first-order chi connectivity index (χ1) is 11.1. The molecule has 2 fully saturated rings. The number of piperidine rings is 1. The fraction of sp³-hybridized carbons (Fsp3) is 0.875. The summed E-state index contributed by atoms with van der Waals surface area (Å²) < 4.78 is 5.05. The molecule has 2 rings (SSSR count). The van der Waals surface area contributed by atoms with Crippen molar-refractivity contribution in [2.45, 2.75) is 32.2 Å². The van der Waals surface area contributed by atoms with Gasteiger partial charge in [-0.3, -0.25) is 4.99 Å². The number of ether oxygens (including phenoxy) is 1. The molecule has 0 aromatic rings. The Hall–Kier alpha value is -0.770. The van der Waals surface area contributed by atoms with Crippen molar-refractivity contribution in [3.63, 3.8) is 0 Å². The Kier molecular flexibility index (Phi) is 9.72. The molecule has 140 valence electrons. The quantitative estimate of drug-likeness (QED) is 0.382. The Morgan fingerprint density at radius 2 is 1.96 bits per heavy atom. The van der Waals surface area contributed by atoms with Gasteiger partial charge in [-0.15, -0.1) is 24.0 Å². The summed E-state index contributed by atoms with van der Waals surface area (Å²) in [6.45, 7) is 7.05. The second-order valence-corrected chi connectivity index (χ2v) is 6.47. The molecule has 1 atom stereocenters. The Labute approximate surface area is 162 Å². The summed E-state index contributed by atoms with van der Waals surface area (Å²) in [6, 6.07) is 0.359. The number of nitrogens with zero attached hydrogens (tertiary/aromatic N) is 3. The van der Waals surface area contributed by atoms with Gasteiger partial charge in [0.25, 0.3) is 0 Å². The van der Waals surface area contributed by atoms with E-state index in [1.54, 1.807) is 4.90 Å². The number of likely N-dealkylation sites (tertiary alicyclic amines) is 2. The largest absolute Gasteiger partial charge is 0.450 e. The second-order valence-electron chi connectivity index (χ2n) is 6.47. The normalized spacial score (nSPS) is 22.9. The van der Waals surface area contributed by atoms with Crippen LogP contribution in [0.25, 0.3) is 0 Å². The molecule has 2 heterocycles. The maximum Gasteiger partial charge on any atom is 0.409 e. The lowest BCUT2D eigenvalue weighted by atomic mass is 10.1. The number of hydrogen-bond acceptors (Lipinski definition) is 4. The molecule has 2 saturated heterocycles. The van der Waals surface area contributed by atoms with E-state index >= 15 is 0 Å². The fourth-order valence-electron chi connectivity index (χ4n) is 3.24. The summed E-state index contributed by atoms with van der Waals surface area (Å²) in [5.41, 5.74) is 0. The van der Waals surface area contributed by atoms with Crippen molar-refractivity contribution in [1.82, 2.24) is 20.4 Å². The number of carbonyl (C=O) groups is 1. The van der Waals surface area contributed by atoms with Gasteiger partial charge in [0, 0.05) is 39.3 Å². The predicted molar refractivity (Wildman–Crippen MR) is 107 cm³/mol. The van der Waals surface area contributed by atoms with E-state index in [1.807, 2.05) is 14.0 Å². The molecule has 0 aliphatic carbocycles. The van der Waals surface area contributed by atoms with Crippen molar-refractivity contribution in [3.05, 3.63) is 0 Å². The van der Waals surface area contributed by atoms with E-state index in [1.165, 1.54) is 13.0 Å². The van der Waals surface area contributed by atoms with E-state index in [4.69, 9.17) is 4.74 Å². The van der Waals surface area contributed by atoms with Crippen LogP contribution in [0.5, 0.6) is 0 Å². The molecular weight excluding hydrogens is 421 g/mol. The zero-order valence-corrected chi connectivity index (χ0v) is 17.4. The highest BCUT2D eigenvalue weighted by Crippen LogP contribution is 2.13. The number of halogens is 1. The topological polar surface area (TPSA) is 69.2 Å². The summed E-state index contributed by atoms with van der Waals surface area (Å²) in [5, 5.41) is 6.92. The third-order valence-electron chi connectivity index (χ3n) is 4.63. The van der Waals surface area contributed by atoms with E-state index < -0.39 is 0 Å². The van der Waals surface area contributed by atoms with Gasteiger partial charge in [-0.05, 0) is 45.7 Å². The van der Waals surface area contributed by atoms with Crippen LogP contribution in [0, 0.1) is 5.92 Å². The summed E-state index contributed by atoms with van der Waals surface area (Å²) in [7, 11) is 3.98. The molecule has 0 spiro atoms. The first kappa shape index (κ1) is 21.3. The van der Waals surface area contributed by atoms with Crippen LogP contribution in [-0.2, 0) is 4.74 Å². The van der Waals surface area contributed by atoms with Crippen LogP contribution in [0.4, 0.5) is 4.79 Å². The molecule has 2 aliphatic rings. The summed E-state index contributed by atoms with van der Waals surface area (Å²) in [4.78, 5) is 20.2.